The van der Waals surface area contributed by atoms with Crippen molar-refractivity contribution in [3.63, 3.8) is 0 Å². The molecule has 40 heavy (non-hydrogen) atoms. The molecule has 1 aliphatic heterocycles. The number of halogens is 1. The SMILES string of the molecule is Cc1cccc(Cl)c1NC(=O)c1cnc(Nc2nc(-c3c(C)cccc3C)nc(N3CCN(CCO)CC3)n2)s1. The smallest absolute Gasteiger partial charge is 0.267 e. The van der Waals surface area contributed by atoms with E-state index in [0.29, 0.717) is 45.0 Å². The van der Waals surface area contributed by atoms with Crippen molar-refractivity contribution < 1.29 is 9.90 Å². The number of carbonyl (C=O) groups is 1. The Morgan fingerprint density at radius 1 is 1.00 bits per heavy atom. The van der Waals surface area contributed by atoms with E-state index in [0.717, 1.165) is 48.4 Å². The molecule has 1 amide bonds. The van der Waals surface area contributed by atoms with Crippen LogP contribution in [0.1, 0.15) is 26.4 Å². The summed E-state index contributed by atoms with van der Waals surface area (Å²) in [6.45, 7) is 9.85. The molecule has 1 saturated heterocycles. The van der Waals surface area contributed by atoms with Crippen LogP contribution in [0.25, 0.3) is 11.4 Å². The highest BCUT2D eigenvalue weighted by Gasteiger charge is 2.22. The van der Waals surface area contributed by atoms with E-state index < -0.39 is 0 Å². The van der Waals surface area contributed by atoms with Crippen LogP contribution in [0.4, 0.5) is 22.7 Å². The van der Waals surface area contributed by atoms with E-state index in [2.05, 4.69) is 25.4 Å². The highest BCUT2D eigenvalue weighted by molar-refractivity contribution is 7.17. The summed E-state index contributed by atoms with van der Waals surface area (Å²) in [4.78, 5) is 36.4. The average molecular weight is 579 g/mol. The zero-order chi connectivity index (χ0) is 28.2. The van der Waals surface area contributed by atoms with E-state index in [1.807, 2.05) is 51.1 Å². The fourth-order valence-corrected chi connectivity index (χ4v) is 5.63. The van der Waals surface area contributed by atoms with Gasteiger partial charge in [0.2, 0.25) is 11.9 Å². The first-order valence-electron chi connectivity index (χ1n) is 13.0. The number of hydrogen-bond acceptors (Lipinski definition) is 10. The number of para-hydroxylation sites is 1. The molecule has 1 aliphatic rings. The molecule has 10 nitrogen and oxygen atoms in total. The molecule has 0 spiro atoms. The second-order valence-electron chi connectivity index (χ2n) is 9.64. The van der Waals surface area contributed by atoms with Crippen LogP contribution in [0, 0.1) is 20.8 Å². The molecule has 0 aliphatic carbocycles. The van der Waals surface area contributed by atoms with Crippen molar-refractivity contribution in [1.29, 1.82) is 0 Å². The summed E-state index contributed by atoms with van der Waals surface area (Å²) in [6, 6.07) is 11.6. The third kappa shape index (κ3) is 6.23. The van der Waals surface area contributed by atoms with Crippen molar-refractivity contribution in [2.24, 2.45) is 0 Å². The van der Waals surface area contributed by atoms with Crippen molar-refractivity contribution in [2.75, 3.05) is 54.9 Å². The summed E-state index contributed by atoms with van der Waals surface area (Å²) < 4.78 is 0. The number of anilines is 4. The number of β-amino-alcohol motifs (C(OH)–C–C–N with tert-alkyl or cyclic N) is 1. The number of aryl methyl sites for hydroxylation is 3. The Bertz CT molecular complexity index is 1480. The van der Waals surface area contributed by atoms with E-state index >= 15 is 0 Å². The molecule has 0 unspecified atom stereocenters. The number of thiazole rings is 1. The van der Waals surface area contributed by atoms with E-state index in [-0.39, 0.29) is 12.5 Å². The Morgan fingerprint density at radius 2 is 1.70 bits per heavy atom. The lowest BCUT2D eigenvalue weighted by Gasteiger charge is -2.34. The number of rotatable bonds is 8. The molecule has 2 aromatic heterocycles. The molecular weight excluding hydrogens is 548 g/mol. The normalized spacial score (nSPS) is 13.9. The van der Waals surface area contributed by atoms with E-state index in [1.54, 1.807) is 6.07 Å². The minimum Gasteiger partial charge on any atom is -0.395 e. The molecule has 4 aromatic rings. The van der Waals surface area contributed by atoms with Gasteiger partial charge in [0.05, 0.1) is 23.5 Å². The number of nitrogens with zero attached hydrogens (tertiary/aromatic N) is 6. The lowest BCUT2D eigenvalue weighted by Crippen LogP contribution is -2.47. The lowest BCUT2D eigenvalue weighted by molar-refractivity contribution is 0.103. The maximum absolute atomic E-state index is 12.9. The number of benzene rings is 2. The Balaban J connectivity index is 1.41. The summed E-state index contributed by atoms with van der Waals surface area (Å²) in [5.41, 5.74) is 4.55. The van der Waals surface area contributed by atoms with Gasteiger partial charge in [-0.15, -0.1) is 0 Å². The summed E-state index contributed by atoms with van der Waals surface area (Å²) in [6.07, 6.45) is 1.52. The fourth-order valence-electron chi connectivity index (χ4n) is 4.65. The molecule has 3 N–H and O–H groups in total. The number of amides is 1. The van der Waals surface area contributed by atoms with Gasteiger partial charge in [0.15, 0.2) is 11.0 Å². The summed E-state index contributed by atoms with van der Waals surface area (Å²) in [5.74, 6) is 1.20. The summed E-state index contributed by atoms with van der Waals surface area (Å²) >= 11 is 7.48. The number of piperazine rings is 1. The predicted octanol–water partition coefficient (Wildman–Crippen LogP) is 4.68. The monoisotopic (exact) mass is 578 g/mol. The van der Waals surface area contributed by atoms with Crippen molar-refractivity contribution >= 4 is 51.6 Å². The minimum absolute atomic E-state index is 0.141. The topological polar surface area (TPSA) is 119 Å². The molecule has 2 aromatic carbocycles. The molecule has 12 heteroatoms. The quantitative estimate of drug-likeness (QED) is 0.274. The van der Waals surface area contributed by atoms with Gasteiger partial charge in [-0.3, -0.25) is 15.0 Å². The molecule has 0 radical (unpaired) electrons. The zero-order valence-electron chi connectivity index (χ0n) is 22.6. The van der Waals surface area contributed by atoms with Gasteiger partial charge >= 0.3 is 0 Å². The van der Waals surface area contributed by atoms with Gasteiger partial charge in [-0.05, 0) is 43.5 Å². The van der Waals surface area contributed by atoms with Crippen LogP contribution >= 0.6 is 22.9 Å². The van der Waals surface area contributed by atoms with E-state index in [4.69, 9.17) is 26.6 Å². The first-order chi connectivity index (χ1) is 19.3. The number of aliphatic hydroxyl groups excluding tert-OH is 1. The van der Waals surface area contributed by atoms with Crippen LogP contribution in [0.2, 0.25) is 5.02 Å². The molecule has 3 heterocycles. The highest BCUT2D eigenvalue weighted by Crippen LogP contribution is 2.30. The minimum atomic E-state index is -0.296. The second-order valence-corrected chi connectivity index (χ2v) is 11.1. The molecule has 208 valence electrons. The van der Waals surface area contributed by atoms with Crippen molar-refractivity contribution in [3.05, 3.63) is 69.2 Å². The molecule has 5 rings (SSSR count). The number of nitrogens with one attached hydrogen (secondary N) is 2. The van der Waals surface area contributed by atoms with Crippen LogP contribution in [0.3, 0.4) is 0 Å². The Labute approximate surface area is 242 Å². The van der Waals surface area contributed by atoms with Crippen LogP contribution in [0.5, 0.6) is 0 Å². The van der Waals surface area contributed by atoms with Crippen LogP contribution in [-0.2, 0) is 0 Å². The Morgan fingerprint density at radius 3 is 2.40 bits per heavy atom. The van der Waals surface area contributed by atoms with Gasteiger partial charge in [-0.1, -0.05) is 53.3 Å². The van der Waals surface area contributed by atoms with Gasteiger partial charge in [-0.25, -0.2) is 4.98 Å². The highest BCUT2D eigenvalue weighted by atomic mass is 35.5. The average Bonchev–Trinajstić information content (AvgIpc) is 3.40. The maximum Gasteiger partial charge on any atom is 0.267 e. The van der Waals surface area contributed by atoms with Crippen LogP contribution in [0.15, 0.2) is 42.6 Å². The molecule has 0 saturated carbocycles. The van der Waals surface area contributed by atoms with Gasteiger partial charge in [0.25, 0.3) is 5.91 Å². The lowest BCUT2D eigenvalue weighted by atomic mass is 10.0. The summed E-state index contributed by atoms with van der Waals surface area (Å²) in [7, 11) is 0. The molecule has 1 fully saturated rings. The Kier molecular flexibility index (Phi) is 8.55. The number of aliphatic hydroxyl groups is 1. The number of aromatic nitrogens is 4. The third-order valence-corrected chi connectivity index (χ3v) is 8.03. The first kappa shape index (κ1) is 27.9. The standard InChI is InChI=1S/C28H31ClN8O2S/c1-17-6-4-7-18(2)22(17)24-32-26(34-27(33-24)37-12-10-36(11-13-37)14-15-38)35-28-30-16-21(40-28)25(39)31-23-19(3)8-5-9-20(23)29/h4-9,16,38H,10-15H2,1-3H3,(H,31,39)(H,30,32,33,34,35). The maximum atomic E-state index is 12.9. The van der Waals surface area contributed by atoms with Gasteiger partial charge in [-0.2, -0.15) is 15.0 Å². The molecular formula is C28H31ClN8O2S. The van der Waals surface area contributed by atoms with Crippen molar-refractivity contribution in [3.8, 4) is 11.4 Å². The molecule has 0 bridgehead atoms. The fraction of sp³-hybridized carbons (Fsp3) is 0.321. The van der Waals surface area contributed by atoms with E-state index in [9.17, 15) is 9.90 Å². The number of carbonyl (C=O) groups excluding carboxylic acids is 1. The third-order valence-electron chi connectivity index (χ3n) is 6.81. The number of hydrogen-bond donors (Lipinski definition) is 3. The van der Waals surface area contributed by atoms with Crippen molar-refractivity contribution in [1.82, 2.24) is 24.8 Å². The van der Waals surface area contributed by atoms with Gasteiger partial charge in [0.1, 0.15) is 4.88 Å². The van der Waals surface area contributed by atoms with Crippen LogP contribution in [-0.4, -0.2) is 75.2 Å². The second kappa shape index (κ2) is 12.3. The summed E-state index contributed by atoms with van der Waals surface area (Å²) in [5, 5.41) is 16.3. The van der Waals surface area contributed by atoms with E-state index in [1.165, 1.54) is 17.5 Å². The van der Waals surface area contributed by atoms with Crippen LogP contribution < -0.4 is 15.5 Å². The molecule has 0 atom stereocenters. The van der Waals surface area contributed by atoms with Gasteiger partial charge < -0.3 is 15.3 Å². The largest absolute Gasteiger partial charge is 0.395 e. The first-order valence-corrected chi connectivity index (χ1v) is 14.2. The Hall–Kier alpha value is -3.64. The van der Waals surface area contributed by atoms with Gasteiger partial charge in [0, 0.05) is 38.3 Å². The zero-order valence-corrected chi connectivity index (χ0v) is 24.2. The predicted molar refractivity (Wildman–Crippen MR) is 160 cm³/mol. The van der Waals surface area contributed by atoms with Crippen molar-refractivity contribution in [2.45, 2.75) is 20.8 Å².